The van der Waals surface area contributed by atoms with E-state index < -0.39 is 0 Å². The van der Waals surface area contributed by atoms with E-state index in [9.17, 15) is 4.79 Å². The first-order chi connectivity index (χ1) is 14.6. The first-order valence-electron chi connectivity index (χ1n) is 11.3. The molecule has 2 fully saturated rings. The normalized spacial score (nSPS) is 21.7. The Morgan fingerprint density at radius 1 is 1.27 bits per heavy atom. The molecule has 168 valence electrons. The van der Waals surface area contributed by atoms with Gasteiger partial charge in [-0.05, 0) is 64.0 Å². The molecular weight excluding hydrogens is 380 g/mol. The van der Waals surface area contributed by atoms with Crippen LogP contribution in [0, 0.1) is 0 Å². The van der Waals surface area contributed by atoms with Crippen LogP contribution in [0.5, 0.6) is 0 Å². The summed E-state index contributed by atoms with van der Waals surface area (Å²) in [4.78, 5) is 23.2. The largest absolute Gasteiger partial charge is 0.468 e. The third-order valence-electron chi connectivity index (χ3n) is 6.20. The zero-order valence-corrected chi connectivity index (χ0v) is 18.8. The molecule has 8 heteroatoms. The van der Waals surface area contributed by atoms with Gasteiger partial charge in [-0.15, -0.1) is 0 Å². The average Bonchev–Trinajstić information content (AvgIpc) is 3.51. The zero-order valence-electron chi connectivity index (χ0n) is 18.8. The molecule has 1 aromatic heterocycles. The second-order valence-corrected chi connectivity index (χ2v) is 8.41. The summed E-state index contributed by atoms with van der Waals surface area (Å²) in [6, 6.07) is 4.67. The highest BCUT2D eigenvalue weighted by atomic mass is 16.3. The number of likely N-dealkylation sites (tertiary alicyclic amines) is 2. The van der Waals surface area contributed by atoms with Gasteiger partial charge >= 0.3 is 0 Å². The summed E-state index contributed by atoms with van der Waals surface area (Å²) in [5.41, 5.74) is 0. The predicted octanol–water partition coefficient (Wildman–Crippen LogP) is 1.52. The molecule has 0 saturated carbocycles. The van der Waals surface area contributed by atoms with Crippen LogP contribution in [0.15, 0.2) is 27.8 Å². The third-order valence-corrected chi connectivity index (χ3v) is 6.20. The van der Waals surface area contributed by atoms with Gasteiger partial charge in [0.15, 0.2) is 5.96 Å². The standard InChI is InChI=1S/C22H38N6O2/c1-4-27-13-7-9-18(27)15-23-22(25-17-21(29)26(2)3)24-16-19(20-10-8-14-30-20)28-11-5-6-12-28/h8,10,14,18-19H,4-7,9,11-13,15-17H2,1-3H3,(H2,23,24,25). The number of nitrogens with zero attached hydrogens (tertiary/aromatic N) is 4. The van der Waals surface area contributed by atoms with Crippen molar-refractivity contribution in [1.82, 2.24) is 25.3 Å². The Balaban J connectivity index is 1.64. The second-order valence-electron chi connectivity index (χ2n) is 8.41. The molecule has 2 N–H and O–H groups in total. The predicted molar refractivity (Wildman–Crippen MR) is 120 cm³/mol. The number of rotatable bonds is 9. The number of nitrogens with one attached hydrogen (secondary N) is 2. The van der Waals surface area contributed by atoms with Gasteiger partial charge in [-0.1, -0.05) is 6.92 Å². The number of hydrogen-bond donors (Lipinski definition) is 2. The van der Waals surface area contributed by atoms with Crippen molar-refractivity contribution in [3.05, 3.63) is 24.2 Å². The molecule has 2 aliphatic heterocycles. The SMILES string of the molecule is CCN1CCCC1CNC(=NCC(=O)N(C)C)NCC(c1ccco1)N1CCCC1. The molecule has 0 bridgehead atoms. The molecule has 0 radical (unpaired) electrons. The van der Waals surface area contributed by atoms with Crippen molar-refractivity contribution < 1.29 is 9.21 Å². The second kappa shape index (κ2) is 11.4. The molecule has 0 aromatic carbocycles. The van der Waals surface area contributed by atoms with Crippen LogP contribution in [0.4, 0.5) is 0 Å². The lowest BCUT2D eigenvalue weighted by Gasteiger charge is -2.28. The lowest BCUT2D eigenvalue weighted by molar-refractivity contribution is -0.127. The Morgan fingerprint density at radius 2 is 2.07 bits per heavy atom. The van der Waals surface area contributed by atoms with E-state index in [2.05, 4.69) is 32.3 Å². The third kappa shape index (κ3) is 6.22. The molecule has 8 nitrogen and oxygen atoms in total. The van der Waals surface area contributed by atoms with E-state index in [1.165, 1.54) is 25.7 Å². The Labute approximate surface area is 180 Å². The van der Waals surface area contributed by atoms with Gasteiger partial charge in [0.2, 0.25) is 5.91 Å². The number of hydrogen-bond acceptors (Lipinski definition) is 5. The summed E-state index contributed by atoms with van der Waals surface area (Å²) in [6.07, 6.45) is 6.63. The number of carbonyl (C=O) groups excluding carboxylic acids is 1. The first kappa shape index (κ1) is 22.6. The van der Waals surface area contributed by atoms with Gasteiger partial charge in [0.25, 0.3) is 0 Å². The molecule has 0 aliphatic carbocycles. The zero-order chi connectivity index (χ0) is 21.3. The maximum Gasteiger partial charge on any atom is 0.243 e. The fraction of sp³-hybridized carbons (Fsp3) is 0.727. The van der Waals surface area contributed by atoms with E-state index in [1.54, 1.807) is 25.3 Å². The fourth-order valence-corrected chi connectivity index (χ4v) is 4.36. The number of guanidine groups is 1. The monoisotopic (exact) mass is 418 g/mol. The van der Waals surface area contributed by atoms with Crippen LogP contribution >= 0.6 is 0 Å². The lowest BCUT2D eigenvalue weighted by atomic mass is 10.2. The van der Waals surface area contributed by atoms with Crippen molar-refractivity contribution in [2.75, 3.05) is 59.9 Å². The van der Waals surface area contributed by atoms with E-state index in [1.807, 2.05) is 12.1 Å². The van der Waals surface area contributed by atoms with Crippen LogP contribution in [-0.2, 0) is 4.79 Å². The van der Waals surface area contributed by atoms with Crippen molar-refractivity contribution in [2.45, 2.75) is 44.7 Å². The molecule has 1 amide bonds. The lowest BCUT2D eigenvalue weighted by Crippen LogP contribution is -2.47. The van der Waals surface area contributed by atoms with Gasteiger partial charge in [-0.2, -0.15) is 0 Å². The summed E-state index contributed by atoms with van der Waals surface area (Å²) in [5.74, 6) is 1.67. The molecule has 2 atom stereocenters. The Kier molecular flexibility index (Phi) is 8.57. The summed E-state index contributed by atoms with van der Waals surface area (Å²) in [7, 11) is 3.52. The van der Waals surface area contributed by atoms with Gasteiger partial charge in [-0.3, -0.25) is 14.6 Å². The summed E-state index contributed by atoms with van der Waals surface area (Å²) in [5, 5.41) is 6.97. The molecule has 2 aliphatic rings. The van der Waals surface area contributed by atoms with Gasteiger partial charge in [-0.25, -0.2) is 4.99 Å². The van der Waals surface area contributed by atoms with Gasteiger partial charge < -0.3 is 20.0 Å². The number of amides is 1. The molecule has 3 heterocycles. The molecule has 2 unspecified atom stereocenters. The maximum absolute atomic E-state index is 12.1. The van der Waals surface area contributed by atoms with E-state index in [0.29, 0.717) is 18.5 Å². The van der Waals surface area contributed by atoms with Crippen LogP contribution in [0.2, 0.25) is 0 Å². The van der Waals surface area contributed by atoms with Crippen LogP contribution in [0.25, 0.3) is 0 Å². The Morgan fingerprint density at radius 3 is 2.73 bits per heavy atom. The topological polar surface area (TPSA) is 76.4 Å². The molecule has 3 rings (SSSR count). The molecule has 2 saturated heterocycles. The molecule has 1 aromatic rings. The van der Waals surface area contributed by atoms with Crippen molar-refractivity contribution >= 4 is 11.9 Å². The Hall–Kier alpha value is -2.06. The van der Waals surface area contributed by atoms with Crippen LogP contribution in [0.1, 0.15) is 44.4 Å². The number of carbonyl (C=O) groups is 1. The highest BCUT2D eigenvalue weighted by Crippen LogP contribution is 2.24. The highest BCUT2D eigenvalue weighted by Gasteiger charge is 2.26. The molecule has 0 spiro atoms. The van der Waals surface area contributed by atoms with Crippen molar-refractivity contribution in [1.29, 1.82) is 0 Å². The van der Waals surface area contributed by atoms with Gasteiger partial charge in [0, 0.05) is 33.2 Å². The molecular formula is C22H38N6O2. The van der Waals surface area contributed by atoms with Crippen molar-refractivity contribution in [3.8, 4) is 0 Å². The average molecular weight is 419 g/mol. The first-order valence-corrected chi connectivity index (χ1v) is 11.3. The van der Waals surface area contributed by atoms with E-state index >= 15 is 0 Å². The van der Waals surface area contributed by atoms with Gasteiger partial charge in [0.05, 0.1) is 12.3 Å². The summed E-state index contributed by atoms with van der Waals surface area (Å²) in [6.45, 7) is 8.28. The maximum atomic E-state index is 12.1. The summed E-state index contributed by atoms with van der Waals surface area (Å²) >= 11 is 0. The van der Waals surface area contributed by atoms with Gasteiger partial charge in [0.1, 0.15) is 12.3 Å². The van der Waals surface area contributed by atoms with Crippen molar-refractivity contribution in [2.24, 2.45) is 4.99 Å². The van der Waals surface area contributed by atoms with Crippen molar-refractivity contribution in [3.63, 3.8) is 0 Å². The number of aliphatic imine (C=N–C) groups is 1. The smallest absolute Gasteiger partial charge is 0.243 e. The van der Waals surface area contributed by atoms with E-state index in [-0.39, 0.29) is 18.5 Å². The minimum Gasteiger partial charge on any atom is -0.468 e. The highest BCUT2D eigenvalue weighted by molar-refractivity contribution is 5.84. The summed E-state index contributed by atoms with van der Waals surface area (Å²) < 4.78 is 5.73. The number of likely N-dealkylation sites (N-methyl/N-ethyl adjacent to an activating group) is 2. The minimum absolute atomic E-state index is 0.00530. The Bertz CT molecular complexity index is 669. The van der Waals surface area contributed by atoms with Crippen LogP contribution in [-0.4, -0.2) is 92.5 Å². The van der Waals surface area contributed by atoms with Crippen LogP contribution < -0.4 is 10.6 Å². The van der Waals surface area contributed by atoms with Crippen LogP contribution in [0.3, 0.4) is 0 Å². The quantitative estimate of drug-likeness (QED) is 0.468. The van der Waals surface area contributed by atoms with E-state index in [0.717, 1.165) is 38.5 Å². The van der Waals surface area contributed by atoms with E-state index in [4.69, 9.17) is 4.42 Å². The minimum atomic E-state index is -0.00530. The molecule has 30 heavy (non-hydrogen) atoms. The fourth-order valence-electron chi connectivity index (χ4n) is 4.36. The number of furan rings is 1.